The number of carbonyl (C=O) groups excluding carboxylic acids is 1. The number of rotatable bonds is 3. The van der Waals surface area contributed by atoms with E-state index in [-0.39, 0.29) is 12.0 Å². The summed E-state index contributed by atoms with van der Waals surface area (Å²) in [6.45, 7) is 2.11. The quantitative estimate of drug-likeness (QED) is 0.779. The summed E-state index contributed by atoms with van der Waals surface area (Å²) in [4.78, 5) is 12.6. The van der Waals surface area contributed by atoms with Crippen molar-refractivity contribution in [3.63, 3.8) is 0 Å². The molecule has 3 heteroatoms. The van der Waals surface area contributed by atoms with Gasteiger partial charge in [0.25, 0.3) is 0 Å². The molecule has 21 heavy (non-hydrogen) atoms. The summed E-state index contributed by atoms with van der Waals surface area (Å²) >= 11 is 0. The molecule has 2 rings (SSSR count). The van der Waals surface area contributed by atoms with E-state index in [0.717, 1.165) is 25.7 Å². The maximum absolute atomic E-state index is 12.6. The van der Waals surface area contributed by atoms with E-state index in [1.807, 2.05) is 0 Å². The van der Waals surface area contributed by atoms with Crippen molar-refractivity contribution in [2.75, 3.05) is 0 Å². The number of hydrogen-bond acceptors (Lipinski definition) is 2. The largest absolute Gasteiger partial charge is 0.353 e. The lowest BCUT2D eigenvalue weighted by molar-refractivity contribution is -0.126. The first-order valence-electron chi connectivity index (χ1n) is 9.22. The van der Waals surface area contributed by atoms with Crippen LogP contribution in [0.2, 0.25) is 0 Å². The highest BCUT2D eigenvalue weighted by atomic mass is 16.1. The van der Waals surface area contributed by atoms with E-state index in [4.69, 9.17) is 5.73 Å². The standard InChI is InChI=1S/C18H34N2O/c1-14(19)15-8-7-9-16(13-12-15)18(21)20-17-10-5-3-2-4-6-11-17/h14-17H,2-13,19H2,1H3,(H,20,21)/t14-,15?,16?/m1/s1. The second kappa shape index (κ2) is 8.77. The second-order valence-electron chi connectivity index (χ2n) is 7.38. The average molecular weight is 294 g/mol. The minimum Gasteiger partial charge on any atom is -0.353 e. The van der Waals surface area contributed by atoms with Crippen LogP contribution in [0.4, 0.5) is 0 Å². The van der Waals surface area contributed by atoms with Crippen molar-refractivity contribution in [2.45, 2.75) is 96.1 Å². The van der Waals surface area contributed by atoms with Gasteiger partial charge in [0.1, 0.15) is 0 Å². The Morgan fingerprint density at radius 2 is 1.57 bits per heavy atom. The molecule has 2 fully saturated rings. The zero-order chi connectivity index (χ0) is 15.1. The Morgan fingerprint density at radius 1 is 0.905 bits per heavy atom. The highest BCUT2D eigenvalue weighted by Gasteiger charge is 2.26. The number of hydrogen-bond donors (Lipinski definition) is 2. The molecule has 0 aliphatic heterocycles. The highest BCUT2D eigenvalue weighted by molar-refractivity contribution is 5.78. The lowest BCUT2D eigenvalue weighted by Gasteiger charge is -2.24. The Kier molecular flexibility index (Phi) is 7.01. The van der Waals surface area contributed by atoms with Crippen LogP contribution < -0.4 is 11.1 Å². The van der Waals surface area contributed by atoms with Crippen molar-refractivity contribution in [3.05, 3.63) is 0 Å². The van der Waals surface area contributed by atoms with E-state index in [2.05, 4.69) is 12.2 Å². The van der Waals surface area contributed by atoms with Gasteiger partial charge >= 0.3 is 0 Å². The zero-order valence-electron chi connectivity index (χ0n) is 13.8. The monoisotopic (exact) mass is 294 g/mol. The molecule has 2 unspecified atom stereocenters. The molecule has 2 aliphatic rings. The van der Waals surface area contributed by atoms with Crippen LogP contribution in [0.3, 0.4) is 0 Å². The topological polar surface area (TPSA) is 55.1 Å². The van der Waals surface area contributed by atoms with Crippen molar-refractivity contribution in [2.24, 2.45) is 17.6 Å². The molecular formula is C18H34N2O. The lowest BCUT2D eigenvalue weighted by atomic mass is 9.92. The van der Waals surface area contributed by atoms with Gasteiger partial charge in [0, 0.05) is 18.0 Å². The van der Waals surface area contributed by atoms with E-state index in [1.54, 1.807) is 0 Å². The maximum Gasteiger partial charge on any atom is 0.223 e. The van der Waals surface area contributed by atoms with Gasteiger partial charge in [-0.3, -0.25) is 4.79 Å². The molecule has 3 N–H and O–H groups in total. The fraction of sp³-hybridized carbons (Fsp3) is 0.944. The van der Waals surface area contributed by atoms with Gasteiger partial charge in [0.05, 0.1) is 0 Å². The van der Waals surface area contributed by atoms with Gasteiger partial charge in [-0.1, -0.05) is 38.5 Å². The molecule has 0 radical (unpaired) electrons. The van der Waals surface area contributed by atoms with Crippen LogP contribution in [0.15, 0.2) is 0 Å². The van der Waals surface area contributed by atoms with Crippen LogP contribution in [0.25, 0.3) is 0 Å². The van der Waals surface area contributed by atoms with E-state index >= 15 is 0 Å². The summed E-state index contributed by atoms with van der Waals surface area (Å²) in [5.41, 5.74) is 6.04. The van der Waals surface area contributed by atoms with Gasteiger partial charge in [0.15, 0.2) is 0 Å². The fourth-order valence-corrected chi connectivity index (χ4v) is 4.04. The van der Waals surface area contributed by atoms with Gasteiger partial charge in [-0.25, -0.2) is 0 Å². The van der Waals surface area contributed by atoms with E-state index < -0.39 is 0 Å². The predicted molar refractivity (Wildman–Crippen MR) is 88.0 cm³/mol. The third-order valence-corrected chi connectivity index (χ3v) is 5.58. The first-order chi connectivity index (χ1) is 10.2. The lowest BCUT2D eigenvalue weighted by Crippen LogP contribution is -2.39. The molecule has 122 valence electrons. The zero-order valence-corrected chi connectivity index (χ0v) is 13.8. The van der Waals surface area contributed by atoms with Crippen molar-refractivity contribution in [1.29, 1.82) is 0 Å². The predicted octanol–water partition coefficient (Wildman–Crippen LogP) is 3.76. The normalized spacial score (nSPS) is 30.8. The molecule has 0 spiro atoms. The fourth-order valence-electron chi connectivity index (χ4n) is 4.04. The number of nitrogens with one attached hydrogen (secondary N) is 1. The summed E-state index contributed by atoms with van der Waals surface area (Å²) in [6, 6.07) is 0.711. The minimum atomic E-state index is 0.235. The van der Waals surface area contributed by atoms with E-state index in [9.17, 15) is 4.79 Å². The molecule has 1 amide bonds. The number of carbonyl (C=O) groups is 1. The SMILES string of the molecule is C[C@@H](N)C1CCCC(C(=O)NC2CCCCCCC2)CC1. The molecule has 0 aromatic heterocycles. The van der Waals surface area contributed by atoms with Crippen LogP contribution in [0.1, 0.15) is 84.0 Å². The summed E-state index contributed by atoms with van der Waals surface area (Å²) in [5.74, 6) is 1.18. The van der Waals surface area contributed by atoms with Crippen LogP contribution in [-0.4, -0.2) is 18.0 Å². The molecule has 2 aliphatic carbocycles. The molecule has 0 heterocycles. The average Bonchev–Trinajstić information content (AvgIpc) is 2.67. The van der Waals surface area contributed by atoms with Crippen molar-refractivity contribution in [1.82, 2.24) is 5.32 Å². The summed E-state index contributed by atoms with van der Waals surface area (Å²) in [7, 11) is 0. The molecule has 0 aromatic carbocycles. The van der Waals surface area contributed by atoms with Crippen LogP contribution in [-0.2, 0) is 4.79 Å². The Bertz CT molecular complexity index is 308. The van der Waals surface area contributed by atoms with Crippen molar-refractivity contribution in [3.8, 4) is 0 Å². The summed E-state index contributed by atoms with van der Waals surface area (Å²) in [5, 5.41) is 3.36. The second-order valence-corrected chi connectivity index (χ2v) is 7.38. The Labute approximate surface area is 130 Å². The molecule has 0 saturated heterocycles. The molecule has 0 aromatic rings. The molecule has 0 bridgehead atoms. The van der Waals surface area contributed by atoms with Crippen molar-refractivity contribution >= 4 is 5.91 Å². The van der Waals surface area contributed by atoms with Gasteiger partial charge < -0.3 is 11.1 Å². The Balaban J connectivity index is 1.79. The Morgan fingerprint density at radius 3 is 2.24 bits per heavy atom. The first kappa shape index (κ1) is 16.8. The van der Waals surface area contributed by atoms with E-state index in [1.165, 1.54) is 51.4 Å². The summed E-state index contributed by atoms with van der Waals surface area (Å²) in [6.07, 6.45) is 14.6. The third-order valence-electron chi connectivity index (χ3n) is 5.58. The molecular weight excluding hydrogens is 260 g/mol. The van der Waals surface area contributed by atoms with Crippen molar-refractivity contribution < 1.29 is 4.79 Å². The Hall–Kier alpha value is -0.570. The van der Waals surface area contributed by atoms with Gasteiger partial charge in [-0.15, -0.1) is 0 Å². The van der Waals surface area contributed by atoms with Gasteiger partial charge in [-0.05, 0) is 51.4 Å². The van der Waals surface area contributed by atoms with E-state index in [0.29, 0.717) is 17.9 Å². The molecule has 3 nitrogen and oxygen atoms in total. The smallest absolute Gasteiger partial charge is 0.223 e. The first-order valence-corrected chi connectivity index (χ1v) is 9.22. The van der Waals surface area contributed by atoms with Crippen LogP contribution in [0.5, 0.6) is 0 Å². The molecule has 2 saturated carbocycles. The highest BCUT2D eigenvalue weighted by Crippen LogP contribution is 2.29. The number of amides is 1. The number of nitrogens with two attached hydrogens (primary N) is 1. The molecule has 3 atom stereocenters. The third kappa shape index (κ3) is 5.61. The summed E-state index contributed by atoms with van der Waals surface area (Å²) < 4.78 is 0. The minimum absolute atomic E-state index is 0.235. The maximum atomic E-state index is 12.6. The van der Waals surface area contributed by atoms with Crippen LogP contribution in [0, 0.1) is 11.8 Å². The van der Waals surface area contributed by atoms with Gasteiger partial charge in [-0.2, -0.15) is 0 Å². The van der Waals surface area contributed by atoms with Crippen LogP contribution >= 0.6 is 0 Å². The van der Waals surface area contributed by atoms with Gasteiger partial charge in [0.2, 0.25) is 5.91 Å².